The zero-order chi connectivity index (χ0) is 32.2. The average molecular weight is 611 g/mol. The molecular formula is C30H34N4O10. The third kappa shape index (κ3) is 9.87. The number of carboxylic acids is 4. The number of fused-ring (bicyclic) bond motifs is 1. The van der Waals surface area contributed by atoms with Gasteiger partial charge in [-0.05, 0) is 61.7 Å². The Bertz CT molecular complexity index is 1530. The number of aryl methyl sites for hydroxylation is 1. The largest absolute Gasteiger partial charge is 0.497 e. The van der Waals surface area contributed by atoms with E-state index in [0.29, 0.717) is 12.6 Å². The molecule has 44 heavy (non-hydrogen) atoms. The lowest BCUT2D eigenvalue weighted by Gasteiger charge is -2.18. The molecule has 3 heterocycles. The van der Waals surface area contributed by atoms with Crippen LogP contribution in [0, 0.1) is 6.92 Å². The van der Waals surface area contributed by atoms with Crippen molar-refractivity contribution in [1.82, 2.24) is 14.5 Å². The summed E-state index contributed by atoms with van der Waals surface area (Å²) in [6.07, 6.45) is 2.17. The third-order valence-electron chi connectivity index (χ3n) is 6.61. The fourth-order valence-corrected chi connectivity index (χ4v) is 4.49. The van der Waals surface area contributed by atoms with Gasteiger partial charge < -0.3 is 44.4 Å². The lowest BCUT2D eigenvalue weighted by Crippen LogP contribution is -2.28. The second-order valence-corrected chi connectivity index (χ2v) is 9.77. The van der Waals surface area contributed by atoms with Crippen LogP contribution in [0.15, 0.2) is 65.1 Å². The van der Waals surface area contributed by atoms with Gasteiger partial charge in [-0.1, -0.05) is 24.3 Å². The Morgan fingerprint density at radius 2 is 1.57 bits per heavy atom. The topological polar surface area (TPSA) is 205 Å². The fourth-order valence-electron chi connectivity index (χ4n) is 4.49. The van der Waals surface area contributed by atoms with E-state index in [1.54, 1.807) is 7.11 Å². The lowest BCUT2D eigenvalue weighted by molar-refractivity contribution is -0.159. The predicted octanol–water partition coefficient (Wildman–Crippen LogP) is 3.03. The number of imidazole rings is 1. The highest BCUT2D eigenvalue weighted by molar-refractivity contribution is 6.27. The quantitative estimate of drug-likeness (QED) is 0.182. The number of hydrogen-bond donors (Lipinski definition) is 5. The van der Waals surface area contributed by atoms with E-state index in [4.69, 9.17) is 53.7 Å². The first-order chi connectivity index (χ1) is 21.0. The number of para-hydroxylation sites is 2. The highest BCUT2D eigenvalue weighted by atomic mass is 16.5. The van der Waals surface area contributed by atoms with Crippen molar-refractivity contribution in [2.24, 2.45) is 0 Å². The molecule has 234 valence electrons. The Morgan fingerprint density at radius 1 is 0.932 bits per heavy atom. The van der Waals surface area contributed by atoms with Crippen LogP contribution in [-0.2, 0) is 32.1 Å². The molecule has 1 aliphatic heterocycles. The van der Waals surface area contributed by atoms with E-state index in [0.717, 1.165) is 66.7 Å². The monoisotopic (exact) mass is 610 g/mol. The minimum Gasteiger partial charge on any atom is -0.497 e. The van der Waals surface area contributed by atoms with Crippen LogP contribution in [-0.4, -0.2) is 91.5 Å². The van der Waals surface area contributed by atoms with Gasteiger partial charge in [0.15, 0.2) is 0 Å². The number of anilines is 1. The van der Waals surface area contributed by atoms with Crippen LogP contribution in [0.4, 0.5) is 5.95 Å². The van der Waals surface area contributed by atoms with E-state index in [9.17, 15) is 0 Å². The summed E-state index contributed by atoms with van der Waals surface area (Å²) in [6, 6.07) is 21.1. The van der Waals surface area contributed by atoms with E-state index in [2.05, 4.69) is 45.1 Å². The molecule has 0 amide bonds. The molecule has 0 bridgehead atoms. The second-order valence-electron chi connectivity index (χ2n) is 9.77. The van der Waals surface area contributed by atoms with Crippen LogP contribution in [0.2, 0.25) is 0 Å². The summed E-state index contributed by atoms with van der Waals surface area (Å²) >= 11 is 0. The number of carboxylic acid groups (broad SMARTS) is 4. The van der Waals surface area contributed by atoms with E-state index >= 15 is 0 Å². The molecule has 1 unspecified atom stereocenters. The lowest BCUT2D eigenvalue weighted by atomic mass is 10.1. The normalized spacial score (nSPS) is 14.1. The second kappa shape index (κ2) is 15.7. The molecule has 5 rings (SSSR count). The van der Waals surface area contributed by atoms with Gasteiger partial charge in [0.25, 0.3) is 0 Å². The minimum absolute atomic E-state index is 0.389. The van der Waals surface area contributed by atoms with Crippen LogP contribution in [0.5, 0.6) is 5.75 Å². The summed E-state index contributed by atoms with van der Waals surface area (Å²) in [4.78, 5) is 43.8. The van der Waals surface area contributed by atoms with Crippen LogP contribution < -0.4 is 10.1 Å². The standard InChI is InChI=1S/C26H30N4O2.2C2H2O4/c1-19-7-10-23(32-19)18-30-25-6-4-3-5-24(25)28-26(30)27-21-14-16-29(17-21)15-13-20-8-11-22(31-2)12-9-20;2*3-1(4)2(5)6/h3-12,21H,13-18H2,1-2H3,(H,27,28);2*(H,3,4)(H,5,6). The van der Waals surface area contributed by atoms with Gasteiger partial charge in [-0.3, -0.25) is 0 Å². The molecule has 1 saturated heterocycles. The van der Waals surface area contributed by atoms with Crippen molar-refractivity contribution in [3.05, 3.63) is 77.7 Å². The van der Waals surface area contributed by atoms with E-state index in [-0.39, 0.29) is 0 Å². The number of likely N-dealkylation sites (tertiary alicyclic amines) is 1. The molecule has 1 aliphatic rings. The molecule has 1 atom stereocenters. The summed E-state index contributed by atoms with van der Waals surface area (Å²) in [5.41, 5.74) is 3.48. The number of rotatable bonds is 8. The third-order valence-corrected chi connectivity index (χ3v) is 6.61. The number of aromatic nitrogens is 2. The highest BCUT2D eigenvalue weighted by Crippen LogP contribution is 2.24. The van der Waals surface area contributed by atoms with Crippen molar-refractivity contribution >= 4 is 40.9 Å². The van der Waals surface area contributed by atoms with Gasteiger partial charge in [0.2, 0.25) is 5.95 Å². The van der Waals surface area contributed by atoms with Crippen LogP contribution in [0.3, 0.4) is 0 Å². The Balaban J connectivity index is 0.000000375. The maximum Gasteiger partial charge on any atom is 0.414 e. The van der Waals surface area contributed by atoms with E-state index in [1.807, 2.05) is 37.3 Å². The van der Waals surface area contributed by atoms with Crippen molar-refractivity contribution in [3.8, 4) is 5.75 Å². The number of ether oxygens (including phenoxy) is 1. The number of methoxy groups -OCH3 is 1. The van der Waals surface area contributed by atoms with Gasteiger partial charge in [0, 0.05) is 25.7 Å². The molecule has 2 aromatic heterocycles. The summed E-state index contributed by atoms with van der Waals surface area (Å²) in [5, 5.41) is 33.3. The zero-order valence-corrected chi connectivity index (χ0v) is 24.2. The maximum absolute atomic E-state index is 9.10. The number of aliphatic carboxylic acids is 4. The molecule has 4 aromatic rings. The smallest absolute Gasteiger partial charge is 0.414 e. The number of hydrogen-bond acceptors (Lipinski definition) is 9. The van der Waals surface area contributed by atoms with E-state index < -0.39 is 23.9 Å². The van der Waals surface area contributed by atoms with Crippen molar-refractivity contribution in [1.29, 1.82) is 0 Å². The van der Waals surface area contributed by atoms with Gasteiger partial charge in [-0.2, -0.15) is 0 Å². The first-order valence-corrected chi connectivity index (χ1v) is 13.5. The Hall–Kier alpha value is -5.37. The number of nitrogens with zero attached hydrogens (tertiary/aromatic N) is 3. The molecule has 0 radical (unpaired) electrons. The molecule has 0 saturated carbocycles. The first-order valence-electron chi connectivity index (χ1n) is 13.5. The molecule has 14 heteroatoms. The maximum atomic E-state index is 9.10. The Morgan fingerprint density at radius 3 is 2.14 bits per heavy atom. The average Bonchev–Trinajstić information content (AvgIpc) is 3.72. The van der Waals surface area contributed by atoms with Gasteiger partial charge in [-0.15, -0.1) is 0 Å². The summed E-state index contributed by atoms with van der Waals surface area (Å²) in [5.74, 6) is -3.59. The molecule has 1 fully saturated rings. The summed E-state index contributed by atoms with van der Waals surface area (Å²) in [7, 11) is 1.70. The van der Waals surface area contributed by atoms with Crippen molar-refractivity contribution in [2.75, 3.05) is 32.1 Å². The molecule has 5 N–H and O–H groups in total. The van der Waals surface area contributed by atoms with E-state index in [1.165, 1.54) is 5.56 Å². The van der Waals surface area contributed by atoms with Gasteiger partial charge in [0.1, 0.15) is 17.3 Å². The predicted molar refractivity (Wildman–Crippen MR) is 158 cm³/mol. The number of nitrogens with one attached hydrogen (secondary N) is 1. The van der Waals surface area contributed by atoms with Crippen LogP contribution >= 0.6 is 0 Å². The fraction of sp³-hybridized carbons (Fsp3) is 0.300. The molecule has 14 nitrogen and oxygen atoms in total. The molecule has 2 aromatic carbocycles. The Kier molecular flexibility index (Phi) is 11.9. The first kappa shape index (κ1) is 33.1. The Labute approximate surface area is 252 Å². The van der Waals surface area contributed by atoms with Gasteiger partial charge >= 0.3 is 23.9 Å². The number of benzene rings is 2. The molecule has 0 aliphatic carbocycles. The van der Waals surface area contributed by atoms with Gasteiger partial charge in [-0.25, -0.2) is 24.2 Å². The molecule has 0 spiro atoms. The van der Waals surface area contributed by atoms with Crippen molar-refractivity contribution in [3.63, 3.8) is 0 Å². The van der Waals surface area contributed by atoms with Gasteiger partial charge in [0.05, 0.1) is 24.7 Å². The van der Waals surface area contributed by atoms with Crippen molar-refractivity contribution < 1.29 is 48.8 Å². The van der Waals surface area contributed by atoms with Crippen molar-refractivity contribution in [2.45, 2.75) is 32.4 Å². The summed E-state index contributed by atoms with van der Waals surface area (Å²) in [6.45, 7) is 5.84. The number of furan rings is 1. The molecular weight excluding hydrogens is 576 g/mol. The minimum atomic E-state index is -1.82. The summed E-state index contributed by atoms with van der Waals surface area (Å²) < 4.78 is 13.3. The number of carbonyl (C=O) groups is 4. The highest BCUT2D eigenvalue weighted by Gasteiger charge is 2.24. The van der Waals surface area contributed by atoms with Crippen LogP contribution in [0.25, 0.3) is 11.0 Å². The zero-order valence-electron chi connectivity index (χ0n) is 24.2. The van der Waals surface area contributed by atoms with Crippen LogP contribution in [0.1, 0.15) is 23.5 Å². The SMILES string of the molecule is COc1ccc(CCN2CCC(Nc3nc4ccccc4n3Cc3ccc(C)o3)C2)cc1.O=C(O)C(=O)O.O=C(O)C(=O)O.